The standard InChI is InChI=1S/C25H25N5O5/c31-23(30-11-5-10-22(30)24(32)33)14-29-13-16(27-28-29)12-26-25(34)35-15-21-19-8-3-1-6-17(19)18-7-2-4-9-20(18)21/h1-4,6-9,13,21-22H,5,10-12,14-15H2,(H,26,34)(H,32,33). The molecule has 1 saturated heterocycles. The van der Waals surface area contributed by atoms with E-state index >= 15 is 0 Å². The van der Waals surface area contributed by atoms with Gasteiger partial charge in [0.25, 0.3) is 0 Å². The number of benzene rings is 2. The van der Waals surface area contributed by atoms with Gasteiger partial charge in [-0.15, -0.1) is 5.10 Å². The number of likely N-dealkylation sites (tertiary alicyclic amines) is 1. The summed E-state index contributed by atoms with van der Waals surface area (Å²) < 4.78 is 6.85. The summed E-state index contributed by atoms with van der Waals surface area (Å²) in [4.78, 5) is 37.5. The molecule has 2 N–H and O–H groups in total. The third-order valence-corrected chi connectivity index (χ3v) is 6.50. The molecule has 1 unspecified atom stereocenters. The summed E-state index contributed by atoms with van der Waals surface area (Å²) in [6.07, 6.45) is 2.09. The Labute approximate surface area is 201 Å². The smallest absolute Gasteiger partial charge is 0.407 e. The molecule has 2 amide bonds. The molecule has 5 rings (SSSR count). The Morgan fingerprint density at radius 1 is 1.06 bits per heavy atom. The SMILES string of the molecule is O=C(NCc1cn(CC(=O)N2CCCC2C(=O)O)nn1)OCC1c2ccccc2-c2ccccc21. The van der Waals surface area contributed by atoms with Gasteiger partial charge in [-0.1, -0.05) is 53.7 Å². The molecule has 35 heavy (non-hydrogen) atoms. The number of aromatic nitrogens is 3. The molecule has 0 radical (unpaired) electrons. The molecule has 1 fully saturated rings. The third-order valence-electron chi connectivity index (χ3n) is 6.50. The fraction of sp³-hybridized carbons (Fsp3) is 0.320. The van der Waals surface area contributed by atoms with Crippen LogP contribution in [0, 0.1) is 0 Å². The Morgan fingerprint density at radius 2 is 1.74 bits per heavy atom. The summed E-state index contributed by atoms with van der Waals surface area (Å²) in [5, 5.41) is 19.8. The largest absolute Gasteiger partial charge is 0.480 e. The van der Waals surface area contributed by atoms with E-state index in [4.69, 9.17) is 4.74 Å². The van der Waals surface area contributed by atoms with Crippen molar-refractivity contribution in [3.63, 3.8) is 0 Å². The van der Waals surface area contributed by atoms with E-state index in [1.165, 1.54) is 9.58 Å². The summed E-state index contributed by atoms with van der Waals surface area (Å²) in [6, 6.07) is 15.4. The van der Waals surface area contributed by atoms with Crippen molar-refractivity contribution in [1.82, 2.24) is 25.2 Å². The predicted molar refractivity (Wildman–Crippen MR) is 124 cm³/mol. The average Bonchev–Trinajstić information content (AvgIpc) is 3.59. The van der Waals surface area contributed by atoms with Gasteiger partial charge in [0.1, 0.15) is 24.9 Å². The molecule has 2 aliphatic rings. The normalized spacial score (nSPS) is 16.6. The lowest BCUT2D eigenvalue weighted by Gasteiger charge is -2.21. The van der Waals surface area contributed by atoms with Gasteiger partial charge < -0.3 is 20.1 Å². The zero-order valence-electron chi connectivity index (χ0n) is 19.0. The number of carboxylic acid groups (broad SMARTS) is 1. The molecule has 0 spiro atoms. The molecule has 180 valence electrons. The van der Waals surface area contributed by atoms with Crippen molar-refractivity contribution < 1.29 is 24.2 Å². The number of hydrogen-bond donors (Lipinski definition) is 2. The number of aliphatic carboxylic acids is 1. The van der Waals surface area contributed by atoms with E-state index in [0.29, 0.717) is 25.1 Å². The second-order valence-corrected chi connectivity index (χ2v) is 8.67. The number of amides is 2. The van der Waals surface area contributed by atoms with E-state index in [1.807, 2.05) is 24.3 Å². The van der Waals surface area contributed by atoms with Crippen molar-refractivity contribution in [3.05, 3.63) is 71.5 Å². The Kier molecular flexibility index (Phi) is 6.17. The van der Waals surface area contributed by atoms with Gasteiger partial charge in [0.2, 0.25) is 5.91 Å². The van der Waals surface area contributed by atoms with Gasteiger partial charge in [0.05, 0.1) is 12.7 Å². The maximum absolute atomic E-state index is 12.5. The summed E-state index contributed by atoms with van der Waals surface area (Å²) in [6.45, 7) is 0.608. The van der Waals surface area contributed by atoms with Crippen LogP contribution in [0.5, 0.6) is 0 Å². The van der Waals surface area contributed by atoms with Gasteiger partial charge in [-0.05, 0) is 35.1 Å². The third kappa shape index (κ3) is 4.59. The minimum Gasteiger partial charge on any atom is -0.480 e. The molecule has 0 bridgehead atoms. The van der Waals surface area contributed by atoms with Crippen molar-refractivity contribution in [2.75, 3.05) is 13.2 Å². The van der Waals surface area contributed by atoms with E-state index in [-0.39, 0.29) is 31.5 Å². The zero-order chi connectivity index (χ0) is 24.4. The van der Waals surface area contributed by atoms with Crippen LogP contribution < -0.4 is 5.32 Å². The van der Waals surface area contributed by atoms with E-state index in [9.17, 15) is 19.5 Å². The first kappa shape index (κ1) is 22.6. The molecule has 10 nitrogen and oxygen atoms in total. The lowest BCUT2D eigenvalue weighted by atomic mass is 9.98. The average molecular weight is 476 g/mol. The highest BCUT2D eigenvalue weighted by Gasteiger charge is 2.34. The zero-order valence-corrected chi connectivity index (χ0v) is 19.0. The van der Waals surface area contributed by atoms with E-state index < -0.39 is 18.1 Å². The first-order valence-electron chi connectivity index (χ1n) is 11.5. The topological polar surface area (TPSA) is 127 Å². The highest BCUT2D eigenvalue weighted by Crippen LogP contribution is 2.44. The lowest BCUT2D eigenvalue weighted by Crippen LogP contribution is -2.42. The first-order valence-corrected chi connectivity index (χ1v) is 11.5. The van der Waals surface area contributed by atoms with E-state index in [1.54, 1.807) is 6.20 Å². The van der Waals surface area contributed by atoms with E-state index in [2.05, 4.69) is 39.9 Å². The Hall–Kier alpha value is -4.21. The van der Waals surface area contributed by atoms with Crippen LogP contribution in [0.4, 0.5) is 4.79 Å². The van der Waals surface area contributed by atoms with Crippen LogP contribution >= 0.6 is 0 Å². The van der Waals surface area contributed by atoms with Crippen LogP contribution in [0.1, 0.15) is 35.6 Å². The van der Waals surface area contributed by atoms with Crippen LogP contribution in [0.15, 0.2) is 54.7 Å². The molecular formula is C25H25N5O5. The molecule has 1 aromatic heterocycles. The summed E-state index contributed by atoms with van der Waals surface area (Å²) >= 11 is 0. The minimum absolute atomic E-state index is 0.0275. The van der Waals surface area contributed by atoms with Crippen LogP contribution in [0.3, 0.4) is 0 Å². The van der Waals surface area contributed by atoms with Crippen molar-refractivity contribution in [2.45, 2.75) is 37.9 Å². The van der Waals surface area contributed by atoms with Gasteiger partial charge in [0.15, 0.2) is 0 Å². The van der Waals surface area contributed by atoms with Gasteiger partial charge in [-0.2, -0.15) is 0 Å². The number of rotatable bonds is 7. The number of ether oxygens (including phenoxy) is 1. The number of alkyl carbamates (subject to hydrolysis) is 1. The molecule has 0 saturated carbocycles. The van der Waals surface area contributed by atoms with Gasteiger partial charge in [-0.25, -0.2) is 14.3 Å². The van der Waals surface area contributed by atoms with Crippen molar-refractivity contribution in [3.8, 4) is 11.1 Å². The Morgan fingerprint density at radius 3 is 2.43 bits per heavy atom. The summed E-state index contributed by atoms with van der Waals surface area (Å²) in [5.41, 5.74) is 5.05. The second kappa shape index (κ2) is 9.57. The summed E-state index contributed by atoms with van der Waals surface area (Å²) in [7, 11) is 0. The quantitative estimate of drug-likeness (QED) is 0.537. The van der Waals surface area contributed by atoms with Gasteiger partial charge in [-0.3, -0.25) is 4.79 Å². The molecular weight excluding hydrogens is 450 g/mol. The lowest BCUT2D eigenvalue weighted by molar-refractivity contribution is -0.148. The number of carboxylic acids is 1. The van der Waals surface area contributed by atoms with Crippen molar-refractivity contribution >= 4 is 18.0 Å². The molecule has 1 aliphatic carbocycles. The number of nitrogens with zero attached hydrogens (tertiary/aromatic N) is 4. The maximum atomic E-state index is 12.5. The monoisotopic (exact) mass is 475 g/mol. The number of nitrogens with one attached hydrogen (secondary N) is 1. The molecule has 2 aromatic carbocycles. The number of fused-ring (bicyclic) bond motifs is 3. The maximum Gasteiger partial charge on any atom is 0.407 e. The van der Waals surface area contributed by atoms with Crippen molar-refractivity contribution in [1.29, 1.82) is 0 Å². The van der Waals surface area contributed by atoms with Crippen LogP contribution in [0.25, 0.3) is 11.1 Å². The molecule has 1 aliphatic heterocycles. The number of carbonyl (C=O) groups is 3. The van der Waals surface area contributed by atoms with Crippen molar-refractivity contribution in [2.24, 2.45) is 0 Å². The van der Waals surface area contributed by atoms with E-state index in [0.717, 1.165) is 22.3 Å². The number of hydrogen-bond acceptors (Lipinski definition) is 6. The molecule has 2 heterocycles. The fourth-order valence-corrected chi connectivity index (χ4v) is 4.86. The predicted octanol–water partition coefficient (Wildman–Crippen LogP) is 2.39. The molecule has 10 heteroatoms. The summed E-state index contributed by atoms with van der Waals surface area (Å²) in [5.74, 6) is -1.35. The Balaban J connectivity index is 1.13. The highest BCUT2D eigenvalue weighted by molar-refractivity contribution is 5.84. The van der Waals surface area contributed by atoms with Gasteiger partial charge in [0, 0.05) is 12.5 Å². The molecule has 1 atom stereocenters. The fourth-order valence-electron chi connectivity index (χ4n) is 4.86. The second-order valence-electron chi connectivity index (χ2n) is 8.67. The minimum atomic E-state index is -0.998. The highest BCUT2D eigenvalue weighted by atomic mass is 16.5. The van der Waals surface area contributed by atoms with Gasteiger partial charge >= 0.3 is 12.1 Å². The van der Waals surface area contributed by atoms with Crippen LogP contribution in [0.2, 0.25) is 0 Å². The Bertz CT molecular complexity index is 1230. The first-order chi connectivity index (χ1) is 17.0. The molecule has 3 aromatic rings. The number of carbonyl (C=O) groups excluding carboxylic acids is 2. The van der Waals surface area contributed by atoms with Crippen LogP contribution in [-0.2, 0) is 27.4 Å². The van der Waals surface area contributed by atoms with Crippen LogP contribution in [-0.4, -0.2) is 62.2 Å².